The fourth-order valence-electron chi connectivity index (χ4n) is 7.04. The van der Waals surface area contributed by atoms with Crippen molar-refractivity contribution in [3.8, 4) is 6.07 Å². The number of ketones is 1. The van der Waals surface area contributed by atoms with Crippen molar-refractivity contribution in [2.24, 2.45) is 0 Å². The summed E-state index contributed by atoms with van der Waals surface area (Å²) in [5.41, 5.74) is 12.1. The number of anilines is 1. The Labute approximate surface area is 306 Å². The summed E-state index contributed by atoms with van der Waals surface area (Å²) >= 11 is 1.26. The number of benzene rings is 2. The zero-order valence-electron chi connectivity index (χ0n) is 30.7. The molecule has 4 aromatic rings. The lowest BCUT2D eigenvalue weighted by Gasteiger charge is -2.41. The first-order chi connectivity index (χ1) is 24.7. The van der Waals surface area contributed by atoms with Crippen molar-refractivity contribution in [1.82, 2.24) is 23.9 Å². The van der Waals surface area contributed by atoms with E-state index >= 15 is 0 Å². The molecule has 1 aliphatic heterocycles. The third-order valence-electron chi connectivity index (χ3n) is 10.2. The minimum atomic E-state index is 0.171. The molecule has 2 aromatic carbocycles. The van der Waals surface area contributed by atoms with Gasteiger partial charge in [-0.2, -0.15) is 5.26 Å². The van der Waals surface area contributed by atoms with Crippen LogP contribution >= 0.6 is 11.8 Å². The minimum Gasteiger partial charge on any atom is -0.382 e. The van der Waals surface area contributed by atoms with Gasteiger partial charge in [0.1, 0.15) is 22.8 Å². The molecule has 0 atom stereocenters. The molecule has 1 fully saturated rings. The monoisotopic (exact) mass is 712 g/mol. The van der Waals surface area contributed by atoms with Crippen molar-refractivity contribution in [2.75, 3.05) is 65.0 Å². The first-order valence-corrected chi connectivity index (χ1v) is 19.8. The first kappa shape index (κ1) is 38.4. The predicted octanol–water partition coefficient (Wildman–Crippen LogP) is 6.69. The van der Waals surface area contributed by atoms with Crippen molar-refractivity contribution < 1.29 is 14.3 Å². The van der Waals surface area contributed by atoms with Gasteiger partial charge in [-0.3, -0.25) is 19.0 Å². The van der Waals surface area contributed by atoms with E-state index in [1.54, 1.807) is 12.1 Å². The van der Waals surface area contributed by atoms with Gasteiger partial charge in [0.25, 0.3) is 0 Å². The normalized spacial score (nSPS) is 14.6. The van der Waals surface area contributed by atoms with E-state index in [1.165, 1.54) is 17.4 Å². The summed E-state index contributed by atoms with van der Waals surface area (Å²) in [4.78, 5) is 36.5. The summed E-state index contributed by atoms with van der Waals surface area (Å²) in [5, 5.41) is 10.4. The zero-order valence-corrected chi connectivity index (χ0v) is 31.5. The van der Waals surface area contributed by atoms with Crippen LogP contribution in [-0.2, 0) is 33.7 Å². The number of rotatable bonds is 19. The highest BCUT2D eigenvalue weighted by Crippen LogP contribution is 2.34. The van der Waals surface area contributed by atoms with Gasteiger partial charge in [0, 0.05) is 69.4 Å². The zero-order chi connectivity index (χ0) is 36.2. The molecule has 2 aromatic heterocycles. The molecule has 1 saturated heterocycles. The quantitative estimate of drug-likeness (QED) is 0.0836. The number of aryl methyl sites for hydroxylation is 2. The molecule has 1 aliphatic rings. The summed E-state index contributed by atoms with van der Waals surface area (Å²) in [6.45, 7) is 9.03. The number of thioether (sulfide) groups is 1. The highest BCUT2D eigenvalue weighted by molar-refractivity contribution is 8.13. The Morgan fingerprint density at radius 2 is 1.80 bits per heavy atom. The number of quaternary nitrogens is 1. The standard InChI is InChI=1S/C40H54N7O3S/c1-4-5-14-36-44-38-39(46(36)18-9-7-6-8-13-33(48)27-30-11-10-12-31(26-30)29-41)34-28-32(15-16-35(34)43-40(38)42)47(2)22-19-45(20-23-47)21-25-50-24-17-37(49)51-3/h10-12,15-16,26,28H,4-9,13-14,17-25,27H2,1-3H3,(H2,42,43)/q+1. The van der Waals surface area contributed by atoms with Crippen molar-refractivity contribution in [2.45, 2.75) is 77.7 Å². The molecular weight excluding hydrogens is 659 g/mol. The molecule has 0 aliphatic carbocycles. The number of ether oxygens (including phenoxy) is 1. The second-order valence-corrected chi connectivity index (χ2v) is 14.9. The number of Topliss-reactive ketones (excluding diaryl/α,β-unsaturated/α-hetero) is 1. The number of aromatic nitrogens is 3. The Hall–Kier alpha value is -3.82. The number of nitriles is 1. The van der Waals surface area contributed by atoms with E-state index in [0.717, 1.165) is 122 Å². The summed E-state index contributed by atoms with van der Waals surface area (Å²) in [5.74, 6) is 1.78. The van der Waals surface area contributed by atoms with Gasteiger partial charge < -0.3 is 15.0 Å². The maximum Gasteiger partial charge on any atom is 0.190 e. The number of carbonyl (C=O) groups excluding carboxylic acids is 2. The van der Waals surface area contributed by atoms with Crippen molar-refractivity contribution in [3.05, 3.63) is 59.4 Å². The Morgan fingerprint density at radius 1 is 1.00 bits per heavy atom. The van der Waals surface area contributed by atoms with Gasteiger partial charge in [0.05, 0.1) is 56.0 Å². The number of pyridine rings is 1. The average molecular weight is 713 g/mol. The van der Waals surface area contributed by atoms with E-state index in [4.69, 9.17) is 25.7 Å². The third kappa shape index (κ3) is 10.2. The van der Waals surface area contributed by atoms with Crippen LogP contribution < -0.4 is 10.2 Å². The van der Waals surface area contributed by atoms with Gasteiger partial charge in [0.15, 0.2) is 10.9 Å². The number of hydrogen-bond donors (Lipinski definition) is 1. The average Bonchev–Trinajstić information content (AvgIpc) is 3.51. The fourth-order valence-corrected chi connectivity index (χ4v) is 7.33. The smallest absolute Gasteiger partial charge is 0.190 e. The molecule has 0 bridgehead atoms. The lowest BCUT2D eigenvalue weighted by atomic mass is 10.0. The van der Waals surface area contributed by atoms with Crippen LogP contribution in [0.15, 0.2) is 42.5 Å². The van der Waals surface area contributed by atoms with Crippen LogP contribution in [0, 0.1) is 11.3 Å². The Balaban J connectivity index is 1.24. The van der Waals surface area contributed by atoms with Gasteiger partial charge in [-0.05, 0) is 49.3 Å². The third-order valence-corrected chi connectivity index (χ3v) is 10.9. The van der Waals surface area contributed by atoms with E-state index in [-0.39, 0.29) is 10.9 Å². The van der Waals surface area contributed by atoms with Crippen molar-refractivity contribution in [3.63, 3.8) is 0 Å². The number of unbranched alkanes of at least 4 members (excludes halogenated alkanes) is 4. The molecule has 11 heteroatoms. The summed E-state index contributed by atoms with van der Waals surface area (Å²) < 4.78 is 8.98. The van der Waals surface area contributed by atoms with Crippen molar-refractivity contribution in [1.29, 1.82) is 5.26 Å². The Morgan fingerprint density at radius 3 is 2.57 bits per heavy atom. The highest BCUT2D eigenvalue weighted by Gasteiger charge is 2.31. The second-order valence-electron chi connectivity index (χ2n) is 14.0. The summed E-state index contributed by atoms with van der Waals surface area (Å²) in [7, 11) is 2.32. The van der Waals surface area contributed by atoms with Crippen LogP contribution in [-0.4, -0.2) is 89.6 Å². The number of piperazine rings is 1. The maximum atomic E-state index is 12.6. The Bertz CT molecular complexity index is 1840. The highest BCUT2D eigenvalue weighted by atomic mass is 32.2. The number of nitrogens with two attached hydrogens (primary N) is 1. The van der Waals surface area contributed by atoms with E-state index in [0.29, 0.717) is 43.9 Å². The number of nitrogens with zero attached hydrogens (tertiary/aromatic N) is 6. The topological polar surface area (TPSA) is 127 Å². The Kier molecular flexibility index (Phi) is 14.0. The number of carbonyl (C=O) groups is 2. The van der Waals surface area contributed by atoms with Crippen molar-refractivity contribution >= 4 is 56.1 Å². The molecule has 272 valence electrons. The molecule has 10 nitrogen and oxygen atoms in total. The molecule has 0 saturated carbocycles. The van der Waals surface area contributed by atoms with E-state index in [9.17, 15) is 9.59 Å². The lowest BCUT2D eigenvalue weighted by Crippen LogP contribution is -2.58. The van der Waals surface area contributed by atoms with Crippen LogP contribution in [0.5, 0.6) is 0 Å². The van der Waals surface area contributed by atoms with Gasteiger partial charge in [-0.15, -0.1) is 0 Å². The van der Waals surface area contributed by atoms with Crippen LogP contribution in [0.2, 0.25) is 0 Å². The van der Waals surface area contributed by atoms with Gasteiger partial charge in [-0.1, -0.05) is 50.1 Å². The summed E-state index contributed by atoms with van der Waals surface area (Å²) in [6.07, 6.45) is 10.2. The largest absolute Gasteiger partial charge is 0.382 e. The second kappa shape index (κ2) is 18.6. The van der Waals surface area contributed by atoms with Gasteiger partial charge in [0.2, 0.25) is 0 Å². The van der Waals surface area contributed by atoms with E-state index in [1.807, 2.05) is 18.4 Å². The van der Waals surface area contributed by atoms with Crippen LogP contribution in [0.25, 0.3) is 21.9 Å². The minimum absolute atomic E-state index is 0.171. The fraction of sp³-hybridized carbons (Fsp3) is 0.525. The predicted molar refractivity (Wildman–Crippen MR) is 209 cm³/mol. The van der Waals surface area contributed by atoms with E-state index < -0.39 is 0 Å². The van der Waals surface area contributed by atoms with Crippen LogP contribution in [0.3, 0.4) is 0 Å². The number of likely N-dealkylation sites (N-methyl/N-ethyl adjacent to an activating group) is 1. The maximum absolute atomic E-state index is 12.6. The van der Waals surface area contributed by atoms with Gasteiger partial charge >= 0.3 is 0 Å². The molecule has 51 heavy (non-hydrogen) atoms. The number of imidazole rings is 1. The lowest BCUT2D eigenvalue weighted by molar-refractivity contribution is -0.118. The summed E-state index contributed by atoms with van der Waals surface area (Å²) in [6, 6.07) is 16.1. The molecule has 0 amide bonds. The number of nitrogen functional groups attached to an aromatic ring is 1. The molecular formula is C40H54N7O3S+. The van der Waals surface area contributed by atoms with E-state index in [2.05, 4.69) is 47.7 Å². The number of fused-ring (bicyclic) bond motifs is 3. The SMILES string of the molecule is CCCCc1nc2c(N)nc3ccc([N+]4(C)CCN(CCOCCC(=O)SC)CC4)cc3c2n1CCCCCCC(=O)Cc1cccc(C#N)c1. The van der Waals surface area contributed by atoms with Crippen LogP contribution in [0.1, 0.15) is 75.2 Å². The van der Waals surface area contributed by atoms with Gasteiger partial charge in [-0.25, -0.2) is 9.97 Å². The number of hydrogen-bond acceptors (Lipinski definition) is 9. The first-order valence-electron chi connectivity index (χ1n) is 18.6. The molecule has 5 rings (SSSR count). The molecule has 2 N–H and O–H groups in total. The molecule has 3 heterocycles. The van der Waals surface area contributed by atoms with Crippen LogP contribution in [0.4, 0.5) is 11.5 Å². The molecule has 0 unspecified atom stereocenters. The molecule has 0 spiro atoms. The molecule has 0 radical (unpaired) electrons.